The second kappa shape index (κ2) is 11.5. The summed E-state index contributed by atoms with van der Waals surface area (Å²) in [5.74, 6) is -1.48. The number of benzene rings is 1. The van der Waals surface area contributed by atoms with Crippen LogP contribution in [0.4, 0.5) is 18.9 Å². The molecule has 1 unspecified atom stereocenters. The number of halogens is 3. The third kappa shape index (κ3) is 4.69. The minimum atomic E-state index is -2.06. The van der Waals surface area contributed by atoms with Gasteiger partial charge in [0.15, 0.2) is 19.4 Å². The van der Waals surface area contributed by atoms with Crippen molar-refractivity contribution in [2.75, 3.05) is 26.6 Å². The lowest BCUT2D eigenvalue weighted by atomic mass is 9.75. The number of carbonyl (C=O) groups is 3. The molecule has 1 saturated heterocycles. The fourth-order valence-corrected chi connectivity index (χ4v) is 8.89. The van der Waals surface area contributed by atoms with Crippen LogP contribution in [0, 0.1) is 23.7 Å². The number of cyclic esters (lactones) is 1. The first kappa shape index (κ1) is 30.1. The molecule has 234 valence electrons. The standard InChI is InChI=1S/C32H41F3N4O4/c33-16-25(36)20-6-8-21(9-7-20)30(41)39(13-12-24(28(39)29(37)40)19-4-2-1-3-5-19)23-10-11-26-22(14-23)15-27-31(42)43-32(17-34,18-35)38(26)27/h10-11,14-15,19-21,24-25,28H,1-9,12-13,16-18,36H2,(H-,37,40)/p+1/t20?,21?,24-,25+,28-,39?/m0/s1. The summed E-state index contributed by atoms with van der Waals surface area (Å²) in [6.07, 6.45) is 8.38. The van der Waals surface area contributed by atoms with Crippen LogP contribution in [0.25, 0.3) is 10.9 Å². The van der Waals surface area contributed by atoms with Crippen LogP contribution < -0.4 is 16.0 Å². The minimum absolute atomic E-state index is 0.00844. The molecule has 2 aliphatic carbocycles. The molecule has 3 fully saturated rings. The van der Waals surface area contributed by atoms with Crippen LogP contribution >= 0.6 is 0 Å². The van der Waals surface area contributed by atoms with E-state index in [1.54, 1.807) is 18.2 Å². The van der Waals surface area contributed by atoms with E-state index in [1.807, 2.05) is 0 Å². The molecule has 0 radical (unpaired) electrons. The van der Waals surface area contributed by atoms with E-state index in [1.165, 1.54) is 10.6 Å². The minimum Gasteiger partial charge on any atom is -0.428 e. The van der Waals surface area contributed by atoms with E-state index in [-0.39, 0.29) is 33.8 Å². The Hall–Kier alpha value is -2.92. The van der Waals surface area contributed by atoms with Crippen LogP contribution in [0.3, 0.4) is 0 Å². The number of carbonyl (C=O) groups excluding carboxylic acids is 3. The summed E-state index contributed by atoms with van der Waals surface area (Å²) in [6.45, 7) is -2.64. The SMILES string of the molecule is NC(=O)[C@@H]1[C@H](C2CCCCC2)CC[N+]1(C(=O)C1CCC([C@H](N)CF)CC1)c1ccc2c(c1)cc1n2C(CF)(CF)OC1=O. The molecule has 0 bridgehead atoms. The number of aromatic nitrogens is 1. The molecule has 2 amide bonds. The molecule has 0 spiro atoms. The van der Waals surface area contributed by atoms with Gasteiger partial charge in [-0.25, -0.2) is 27.2 Å². The molecule has 2 saturated carbocycles. The van der Waals surface area contributed by atoms with E-state index in [2.05, 4.69) is 0 Å². The molecule has 6 rings (SSSR count). The summed E-state index contributed by atoms with van der Waals surface area (Å²) in [7, 11) is 0. The quantitative estimate of drug-likeness (QED) is 0.332. The highest BCUT2D eigenvalue weighted by Crippen LogP contribution is 2.48. The Morgan fingerprint density at radius 2 is 1.70 bits per heavy atom. The van der Waals surface area contributed by atoms with Crippen molar-refractivity contribution in [2.45, 2.75) is 82.0 Å². The predicted octanol–water partition coefficient (Wildman–Crippen LogP) is 4.79. The molecule has 4 aliphatic rings. The van der Waals surface area contributed by atoms with E-state index in [0.29, 0.717) is 61.2 Å². The van der Waals surface area contributed by atoms with Crippen molar-refractivity contribution in [1.29, 1.82) is 0 Å². The van der Waals surface area contributed by atoms with Crippen molar-refractivity contribution in [3.63, 3.8) is 0 Å². The third-order valence-electron chi connectivity index (χ3n) is 11.1. The summed E-state index contributed by atoms with van der Waals surface area (Å²) >= 11 is 0. The van der Waals surface area contributed by atoms with Gasteiger partial charge in [-0.15, -0.1) is 0 Å². The predicted molar refractivity (Wildman–Crippen MR) is 156 cm³/mol. The van der Waals surface area contributed by atoms with E-state index >= 15 is 0 Å². The summed E-state index contributed by atoms with van der Waals surface area (Å²) in [4.78, 5) is 40.9. The average molecular weight is 604 g/mol. The van der Waals surface area contributed by atoms with Gasteiger partial charge in [-0.1, -0.05) is 19.3 Å². The monoisotopic (exact) mass is 603 g/mol. The van der Waals surface area contributed by atoms with Gasteiger partial charge in [-0.3, -0.25) is 9.36 Å². The zero-order valence-electron chi connectivity index (χ0n) is 24.5. The van der Waals surface area contributed by atoms with Gasteiger partial charge in [0, 0.05) is 35.9 Å². The lowest BCUT2D eigenvalue weighted by Gasteiger charge is -2.42. The number of hydrogen-bond acceptors (Lipinski definition) is 5. The van der Waals surface area contributed by atoms with Gasteiger partial charge in [0.2, 0.25) is 5.72 Å². The van der Waals surface area contributed by atoms with Crippen LogP contribution in [-0.4, -0.2) is 61.0 Å². The first-order chi connectivity index (χ1) is 20.7. The van der Waals surface area contributed by atoms with Crippen LogP contribution in [0.2, 0.25) is 0 Å². The van der Waals surface area contributed by atoms with Crippen molar-refractivity contribution in [3.8, 4) is 0 Å². The fraction of sp³-hybridized carbons (Fsp3) is 0.656. The van der Waals surface area contributed by atoms with Crippen molar-refractivity contribution in [3.05, 3.63) is 30.0 Å². The number of quaternary nitrogens is 1. The lowest BCUT2D eigenvalue weighted by Crippen LogP contribution is -2.65. The number of nitrogens with two attached hydrogens (primary N) is 2. The molecular weight excluding hydrogens is 561 g/mol. The highest BCUT2D eigenvalue weighted by molar-refractivity contribution is 6.02. The second-order valence-corrected chi connectivity index (χ2v) is 13.3. The maximum atomic E-state index is 14.8. The first-order valence-corrected chi connectivity index (χ1v) is 15.8. The van der Waals surface area contributed by atoms with Gasteiger partial charge in [-0.2, -0.15) is 0 Å². The summed E-state index contributed by atoms with van der Waals surface area (Å²) < 4.78 is 47.7. The maximum Gasteiger partial charge on any atom is 0.357 e. The first-order valence-electron chi connectivity index (χ1n) is 15.8. The van der Waals surface area contributed by atoms with Crippen molar-refractivity contribution >= 4 is 34.4 Å². The summed E-state index contributed by atoms with van der Waals surface area (Å²) in [5.41, 5.74) is 11.2. The highest BCUT2D eigenvalue weighted by atomic mass is 19.1. The lowest BCUT2D eigenvalue weighted by molar-refractivity contribution is -0.142. The van der Waals surface area contributed by atoms with Crippen molar-refractivity contribution in [1.82, 2.24) is 9.05 Å². The van der Waals surface area contributed by atoms with Gasteiger partial charge in [0.25, 0.3) is 5.91 Å². The molecule has 43 heavy (non-hydrogen) atoms. The van der Waals surface area contributed by atoms with Crippen LogP contribution in [-0.2, 0) is 20.1 Å². The Morgan fingerprint density at radius 3 is 2.33 bits per heavy atom. The van der Waals surface area contributed by atoms with Crippen LogP contribution in [0.1, 0.15) is 74.7 Å². The van der Waals surface area contributed by atoms with Crippen molar-refractivity contribution in [2.24, 2.45) is 35.1 Å². The van der Waals surface area contributed by atoms with E-state index < -0.39 is 49.7 Å². The molecule has 3 heterocycles. The molecule has 11 heteroatoms. The van der Waals surface area contributed by atoms with Crippen LogP contribution in [0.5, 0.6) is 0 Å². The number of amides is 2. The van der Waals surface area contributed by atoms with Gasteiger partial charge in [0.05, 0.1) is 18.0 Å². The molecular formula is C32H42F3N4O4+. The summed E-state index contributed by atoms with van der Waals surface area (Å²) in [6, 6.07) is 5.40. The van der Waals surface area contributed by atoms with E-state index in [9.17, 15) is 27.6 Å². The van der Waals surface area contributed by atoms with E-state index in [0.717, 1.165) is 32.1 Å². The van der Waals surface area contributed by atoms with Gasteiger partial charge >= 0.3 is 11.9 Å². The van der Waals surface area contributed by atoms with Crippen molar-refractivity contribution < 1.29 is 32.3 Å². The Balaban J connectivity index is 1.44. The molecule has 2 aliphatic heterocycles. The van der Waals surface area contributed by atoms with E-state index in [4.69, 9.17) is 16.2 Å². The second-order valence-electron chi connectivity index (χ2n) is 13.3. The number of alkyl halides is 3. The molecule has 1 aromatic heterocycles. The average Bonchev–Trinajstić information content (AvgIpc) is 3.71. The highest BCUT2D eigenvalue weighted by Gasteiger charge is 2.61. The maximum absolute atomic E-state index is 14.8. The summed E-state index contributed by atoms with van der Waals surface area (Å²) in [5, 5.41) is 0.530. The third-order valence-corrected chi connectivity index (χ3v) is 11.1. The number of likely N-dealkylation sites (tertiary alicyclic amines) is 1. The number of hydrogen-bond donors (Lipinski definition) is 2. The molecule has 1 aromatic carbocycles. The Morgan fingerprint density at radius 1 is 1.00 bits per heavy atom. The number of ether oxygens (including phenoxy) is 1. The zero-order chi connectivity index (χ0) is 30.5. The normalized spacial score (nSPS) is 31.6. The molecule has 4 N–H and O–H groups in total. The molecule has 2 aromatic rings. The Labute approximate surface area is 249 Å². The topological polar surface area (TPSA) is 117 Å². The van der Waals surface area contributed by atoms with Crippen LogP contribution in [0.15, 0.2) is 24.3 Å². The number of nitrogens with zero attached hydrogens (tertiary/aromatic N) is 2. The Bertz CT molecular complexity index is 1400. The fourth-order valence-electron chi connectivity index (χ4n) is 8.89. The van der Waals surface area contributed by atoms with Gasteiger partial charge in [-0.05, 0) is 62.5 Å². The smallest absolute Gasteiger partial charge is 0.357 e. The van der Waals surface area contributed by atoms with Gasteiger partial charge < -0.3 is 16.2 Å². The largest absolute Gasteiger partial charge is 0.428 e. The number of primary amides is 1. The van der Waals surface area contributed by atoms with Gasteiger partial charge in [0.1, 0.15) is 18.1 Å². The zero-order valence-corrected chi connectivity index (χ0v) is 24.5. The number of fused-ring (bicyclic) bond motifs is 3. The number of esters is 1. The number of rotatable bonds is 8. The molecule has 8 nitrogen and oxygen atoms in total. The molecule has 4 atom stereocenters. The Kier molecular flexibility index (Phi) is 8.08.